The number of nitrogens with two attached hydrogens (primary N) is 1. The third kappa shape index (κ3) is 3.86. The van der Waals surface area contributed by atoms with Gasteiger partial charge in [0.25, 0.3) is 0 Å². The van der Waals surface area contributed by atoms with Crippen molar-refractivity contribution in [1.29, 1.82) is 0 Å². The van der Waals surface area contributed by atoms with E-state index in [2.05, 4.69) is 20.4 Å². The highest BCUT2D eigenvalue weighted by atomic mass is 32.2. The van der Waals surface area contributed by atoms with Gasteiger partial charge in [0.1, 0.15) is 11.6 Å². The number of nitrogen functional groups attached to an aromatic ring is 1. The molecule has 0 atom stereocenters. The van der Waals surface area contributed by atoms with E-state index in [-0.39, 0.29) is 18.1 Å². The molecule has 0 aliphatic heterocycles. The van der Waals surface area contributed by atoms with Crippen molar-refractivity contribution in [2.45, 2.75) is 17.3 Å². The standard InChI is InChI=1S/C18H14F2N6OS/c19-13-7-5-11(6-8-13)17-24-23-16(27-17)10-28-18-25-22-15(26(18)21)9-12-3-1-2-4-14(12)20/h1-8H,9-10,21H2. The predicted octanol–water partition coefficient (Wildman–Crippen LogP) is 3.20. The summed E-state index contributed by atoms with van der Waals surface area (Å²) in [6.45, 7) is 0. The highest BCUT2D eigenvalue weighted by Gasteiger charge is 2.15. The Morgan fingerprint density at radius 2 is 1.75 bits per heavy atom. The largest absolute Gasteiger partial charge is 0.420 e. The number of aromatic nitrogens is 5. The number of rotatable bonds is 6. The zero-order valence-corrected chi connectivity index (χ0v) is 15.2. The van der Waals surface area contributed by atoms with Gasteiger partial charge >= 0.3 is 0 Å². The molecule has 0 radical (unpaired) electrons. The third-order valence-corrected chi connectivity index (χ3v) is 4.85. The lowest BCUT2D eigenvalue weighted by molar-refractivity contribution is 0.528. The molecule has 4 rings (SSSR count). The predicted molar refractivity (Wildman–Crippen MR) is 98.6 cm³/mol. The van der Waals surface area contributed by atoms with Crippen molar-refractivity contribution in [3.63, 3.8) is 0 Å². The molecule has 28 heavy (non-hydrogen) atoms. The summed E-state index contributed by atoms with van der Waals surface area (Å²) in [6.07, 6.45) is 0.228. The van der Waals surface area contributed by atoms with Gasteiger partial charge in [-0.1, -0.05) is 30.0 Å². The first-order valence-corrected chi connectivity index (χ1v) is 9.22. The fourth-order valence-corrected chi connectivity index (χ4v) is 3.20. The van der Waals surface area contributed by atoms with Crippen LogP contribution in [0.15, 0.2) is 58.1 Å². The molecule has 0 aliphatic carbocycles. The van der Waals surface area contributed by atoms with Gasteiger partial charge in [0.2, 0.25) is 16.9 Å². The summed E-state index contributed by atoms with van der Waals surface area (Å²) >= 11 is 1.26. The summed E-state index contributed by atoms with van der Waals surface area (Å²) in [5.41, 5.74) is 1.11. The Bertz CT molecular complexity index is 1100. The van der Waals surface area contributed by atoms with Gasteiger partial charge in [0.05, 0.1) is 5.75 Å². The van der Waals surface area contributed by atoms with Crippen LogP contribution >= 0.6 is 11.8 Å². The Kier molecular flexibility index (Phi) is 5.02. The van der Waals surface area contributed by atoms with Crippen molar-refractivity contribution < 1.29 is 13.2 Å². The van der Waals surface area contributed by atoms with Crippen LogP contribution in [0, 0.1) is 11.6 Å². The quantitative estimate of drug-likeness (QED) is 0.392. The SMILES string of the molecule is Nn1c(Cc2ccccc2F)nnc1SCc1nnc(-c2ccc(F)cc2)o1. The molecule has 0 fully saturated rings. The van der Waals surface area contributed by atoms with E-state index >= 15 is 0 Å². The summed E-state index contributed by atoms with van der Waals surface area (Å²) in [7, 11) is 0. The molecule has 0 saturated heterocycles. The molecule has 0 aliphatic rings. The number of halogens is 2. The maximum absolute atomic E-state index is 13.8. The van der Waals surface area contributed by atoms with Gasteiger partial charge in [-0.25, -0.2) is 13.5 Å². The van der Waals surface area contributed by atoms with E-state index in [1.807, 2.05) is 0 Å². The number of benzene rings is 2. The van der Waals surface area contributed by atoms with Crippen molar-refractivity contribution in [2.75, 3.05) is 5.84 Å². The van der Waals surface area contributed by atoms with Gasteiger partial charge in [-0.2, -0.15) is 0 Å². The first-order chi connectivity index (χ1) is 13.6. The van der Waals surface area contributed by atoms with Gasteiger partial charge in [-0.05, 0) is 35.9 Å². The van der Waals surface area contributed by atoms with Crippen LogP contribution < -0.4 is 5.84 Å². The highest BCUT2D eigenvalue weighted by molar-refractivity contribution is 7.98. The molecule has 0 spiro atoms. The maximum atomic E-state index is 13.8. The van der Waals surface area contributed by atoms with Crippen LogP contribution in [0.1, 0.15) is 17.3 Å². The molecule has 0 bridgehead atoms. The molecule has 142 valence electrons. The van der Waals surface area contributed by atoms with Crippen molar-refractivity contribution >= 4 is 11.8 Å². The molecule has 2 heterocycles. The zero-order valence-electron chi connectivity index (χ0n) is 14.4. The van der Waals surface area contributed by atoms with E-state index in [1.165, 1.54) is 34.6 Å². The number of hydrogen-bond acceptors (Lipinski definition) is 7. The Morgan fingerprint density at radius 1 is 0.964 bits per heavy atom. The molecule has 2 aromatic carbocycles. The Morgan fingerprint density at radius 3 is 2.54 bits per heavy atom. The minimum absolute atomic E-state index is 0.228. The van der Waals surface area contributed by atoms with Crippen LogP contribution in [0.3, 0.4) is 0 Å². The smallest absolute Gasteiger partial charge is 0.247 e. The fraction of sp³-hybridized carbons (Fsp3) is 0.111. The molecular formula is C18H14F2N6OS. The molecule has 4 aromatic rings. The minimum atomic E-state index is -0.340. The highest BCUT2D eigenvalue weighted by Crippen LogP contribution is 2.24. The Balaban J connectivity index is 1.42. The topological polar surface area (TPSA) is 95.7 Å². The first-order valence-electron chi connectivity index (χ1n) is 8.24. The second-order valence-corrected chi connectivity index (χ2v) is 6.78. The molecule has 2 N–H and O–H groups in total. The number of hydrogen-bond donors (Lipinski definition) is 1. The minimum Gasteiger partial charge on any atom is -0.420 e. The monoisotopic (exact) mass is 400 g/mol. The fourth-order valence-electron chi connectivity index (χ4n) is 2.49. The van der Waals surface area contributed by atoms with E-state index in [0.717, 1.165) is 0 Å². The van der Waals surface area contributed by atoms with Crippen molar-refractivity contribution in [3.8, 4) is 11.5 Å². The summed E-state index contributed by atoms with van der Waals surface area (Å²) in [4.78, 5) is 0. The summed E-state index contributed by atoms with van der Waals surface area (Å²) in [5, 5.41) is 16.4. The van der Waals surface area contributed by atoms with Crippen LogP contribution in [-0.4, -0.2) is 25.1 Å². The van der Waals surface area contributed by atoms with Gasteiger partial charge in [0, 0.05) is 12.0 Å². The van der Waals surface area contributed by atoms with Crippen molar-refractivity contribution in [1.82, 2.24) is 25.1 Å². The molecule has 0 amide bonds. The molecule has 2 aromatic heterocycles. The van der Waals surface area contributed by atoms with Gasteiger partial charge < -0.3 is 10.3 Å². The number of thioether (sulfide) groups is 1. The molecular weight excluding hydrogens is 386 g/mol. The summed E-state index contributed by atoms with van der Waals surface area (Å²) in [6, 6.07) is 12.2. The van der Waals surface area contributed by atoms with Gasteiger partial charge in [-0.3, -0.25) is 0 Å². The lowest BCUT2D eigenvalue weighted by atomic mass is 10.1. The summed E-state index contributed by atoms with van der Waals surface area (Å²) < 4.78 is 33.7. The first kappa shape index (κ1) is 18.1. The molecule has 0 saturated carbocycles. The Labute approximate surface area is 162 Å². The second kappa shape index (κ2) is 7.77. The second-order valence-electron chi connectivity index (χ2n) is 5.83. The van der Waals surface area contributed by atoms with Gasteiger partial charge in [0.15, 0.2) is 5.82 Å². The average Bonchev–Trinajstić information content (AvgIpc) is 3.30. The van der Waals surface area contributed by atoms with Crippen LogP contribution in [0.4, 0.5) is 8.78 Å². The van der Waals surface area contributed by atoms with Crippen molar-refractivity contribution in [3.05, 3.63) is 77.4 Å². The third-order valence-electron chi connectivity index (χ3n) is 3.92. The maximum Gasteiger partial charge on any atom is 0.247 e. The zero-order chi connectivity index (χ0) is 19.5. The van der Waals surface area contributed by atoms with E-state index < -0.39 is 0 Å². The van der Waals surface area contributed by atoms with Crippen LogP contribution in [0.5, 0.6) is 0 Å². The average molecular weight is 400 g/mol. The Hall–Kier alpha value is -3.27. The number of nitrogens with zero attached hydrogens (tertiary/aromatic N) is 5. The van der Waals surface area contributed by atoms with Crippen molar-refractivity contribution in [2.24, 2.45) is 0 Å². The van der Waals surface area contributed by atoms with E-state index in [1.54, 1.807) is 30.3 Å². The lowest BCUT2D eigenvalue weighted by Gasteiger charge is -2.04. The molecule has 0 unspecified atom stereocenters. The lowest BCUT2D eigenvalue weighted by Crippen LogP contribution is -2.14. The summed E-state index contributed by atoms with van der Waals surface area (Å²) in [5.74, 6) is 6.78. The van der Waals surface area contributed by atoms with E-state index in [9.17, 15) is 8.78 Å². The normalized spacial score (nSPS) is 11.1. The van der Waals surface area contributed by atoms with E-state index in [4.69, 9.17) is 10.3 Å². The van der Waals surface area contributed by atoms with Gasteiger partial charge in [-0.15, -0.1) is 20.4 Å². The molecule has 7 nitrogen and oxygen atoms in total. The van der Waals surface area contributed by atoms with E-state index in [0.29, 0.717) is 39.6 Å². The van der Waals surface area contributed by atoms with Crippen LogP contribution in [-0.2, 0) is 12.2 Å². The van der Waals surface area contributed by atoms with Crippen LogP contribution in [0.2, 0.25) is 0 Å². The van der Waals surface area contributed by atoms with Crippen LogP contribution in [0.25, 0.3) is 11.5 Å². The molecule has 10 heteroatoms.